The van der Waals surface area contributed by atoms with Crippen molar-refractivity contribution in [2.45, 2.75) is 31.7 Å². The SMILES string of the molecule is c1ccc2oc(-c3noc(C4CCCCCN4)n3)cc2c1. The molecule has 1 aliphatic rings. The molecule has 0 radical (unpaired) electrons. The van der Waals surface area contributed by atoms with E-state index in [9.17, 15) is 0 Å². The van der Waals surface area contributed by atoms with E-state index in [4.69, 9.17) is 8.94 Å². The minimum atomic E-state index is 0.165. The van der Waals surface area contributed by atoms with Crippen molar-refractivity contribution in [2.75, 3.05) is 6.54 Å². The van der Waals surface area contributed by atoms with Gasteiger partial charge in [0.1, 0.15) is 5.58 Å². The van der Waals surface area contributed by atoms with Crippen LogP contribution in [0.2, 0.25) is 0 Å². The predicted molar refractivity (Wildman–Crippen MR) is 78.7 cm³/mol. The number of nitrogens with zero attached hydrogens (tertiary/aromatic N) is 2. The molecule has 4 rings (SSSR count). The topological polar surface area (TPSA) is 64.1 Å². The number of fused-ring (bicyclic) bond motifs is 1. The highest BCUT2D eigenvalue weighted by atomic mass is 16.5. The number of benzene rings is 1. The molecule has 1 aromatic carbocycles. The van der Waals surface area contributed by atoms with Gasteiger partial charge in [-0.2, -0.15) is 4.98 Å². The maximum absolute atomic E-state index is 5.77. The highest BCUT2D eigenvalue weighted by Gasteiger charge is 2.21. The molecule has 1 aliphatic heterocycles. The molecule has 1 fully saturated rings. The van der Waals surface area contributed by atoms with Crippen LogP contribution in [0, 0.1) is 0 Å². The second-order valence-electron chi connectivity index (χ2n) is 5.46. The molecule has 5 nitrogen and oxygen atoms in total. The summed E-state index contributed by atoms with van der Waals surface area (Å²) < 4.78 is 11.2. The lowest BCUT2D eigenvalue weighted by molar-refractivity contribution is 0.327. The predicted octanol–water partition coefficient (Wildman–Crippen LogP) is 3.69. The molecule has 1 N–H and O–H groups in total. The molecule has 3 heterocycles. The number of hydrogen-bond acceptors (Lipinski definition) is 5. The largest absolute Gasteiger partial charge is 0.453 e. The molecular formula is C16H17N3O2. The molecular weight excluding hydrogens is 266 g/mol. The van der Waals surface area contributed by atoms with Gasteiger partial charge in [0, 0.05) is 5.39 Å². The fraction of sp³-hybridized carbons (Fsp3) is 0.375. The van der Waals surface area contributed by atoms with Crippen LogP contribution in [-0.4, -0.2) is 16.7 Å². The number of rotatable bonds is 2. The first-order valence-electron chi connectivity index (χ1n) is 7.46. The second kappa shape index (κ2) is 5.33. The van der Waals surface area contributed by atoms with Crippen molar-refractivity contribution in [3.63, 3.8) is 0 Å². The van der Waals surface area contributed by atoms with E-state index in [1.54, 1.807) is 0 Å². The first-order valence-corrected chi connectivity index (χ1v) is 7.46. The van der Waals surface area contributed by atoms with E-state index in [0.717, 1.165) is 23.9 Å². The maximum Gasteiger partial charge on any atom is 0.244 e. The third kappa shape index (κ3) is 2.45. The van der Waals surface area contributed by atoms with Crippen LogP contribution in [0.1, 0.15) is 37.6 Å². The van der Waals surface area contributed by atoms with Gasteiger partial charge in [0.15, 0.2) is 5.76 Å². The van der Waals surface area contributed by atoms with Crippen LogP contribution in [0.15, 0.2) is 39.3 Å². The summed E-state index contributed by atoms with van der Waals surface area (Å²) in [6.45, 7) is 1.01. The van der Waals surface area contributed by atoms with E-state index in [0.29, 0.717) is 17.5 Å². The van der Waals surface area contributed by atoms with Gasteiger partial charge in [0.05, 0.1) is 6.04 Å². The summed E-state index contributed by atoms with van der Waals surface area (Å²) >= 11 is 0. The number of furan rings is 1. The van der Waals surface area contributed by atoms with E-state index in [1.165, 1.54) is 19.3 Å². The fourth-order valence-corrected chi connectivity index (χ4v) is 2.81. The average Bonchev–Trinajstić information content (AvgIpc) is 3.07. The van der Waals surface area contributed by atoms with Gasteiger partial charge < -0.3 is 14.3 Å². The van der Waals surface area contributed by atoms with Crippen molar-refractivity contribution in [1.82, 2.24) is 15.5 Å². The number of para-hydroxylation sites is 1. The molecule has 108 valence electrons. The second-order valence-corrected chi connectivity index (χ2v) is 5.46. The summed E-state index contributed by atoms with van der Waals surface area (Å²) in [5, 5.41) is 8.58. The summed E-state index contributed by atoms with van der Waals surface area (Å²) in [4.78, 5) is 4.51. The Morgan fingerprint density at radius 1 is 1.14 bits per heavy atom. The molecule has 3 aromatic rings. The molecule has 5 heteroatoms. The van der Waals surface area contributed by atoms with Crippen LogP contribution in [0.4, 0.5) is 0 Å². The minimum absolute atomic E-state index is 0.165. The molecule has 0 bridgehead atoms. The number of aromatic nitrogens is 2. The Labute approximate surface area is 122 Å². The maximum atomic E-state index is 5.77. The summed E-state index contributed by atoms with van der Waals surface area (Å²) in [6.07, 6.45) is 4.71. The first kappa shape index (κ1) is 12.6. The Morgan fingerprint density at radius 3 is 3.05 bits per heavy atom. The molecule has 0 spiro atoms. The Kier molecular flexibility index (Phi) is 3.20. The summed E-state index contributed by atoms with van der Waals surface area (Å²) in [7, 11) is 0. The molecule has 1 atom stereocenters. The van der Waals surface area contributed by atoms with Gasteiger partial charge in [-0.3, -0.25) is 0 Å². The van der Waals surface area contributed by atoms with Crippen molar-refractivity contribution < 1.29 is 8.94 Å². The van der Waals surface area contributed by atoms with Gasteiger partial charge in [-0.25, -0.2) is 0 Å². The quantitative estimate of drug-likeness (QED) is 0.777. The Balaban J connectivity index is 1.63. The molecule has 0 amide bonds. The van der Waals surface area contributed by atoms with Crippen molar-refractivity contribution in [3.8, 4) is 11.6 Å². The van der Waals surface area contributed by atoms with Gasteiger partial charge in [-0.05, 0) is 31.5 Å². The van der Waals surface area contributed by atoms with Crippen LogP contribution in [0.5, 0.6) is 0 Å². The van der Waals surface area contributed by atoms with E-state index in [1.807, 2.05) is 30.3 Å². The van der Waals surface area contributed by atoms with Crippen molar-refractivity contribution in [1.29, 1.82) is 0 Å². The zero-order valence-electron chi connectivity index (χ0n) is 11.7. The lowest BCUT2D eigenvalue weighted by Gasteiger charge is -2.09. The summed E-state index contributed by atoms with van der Waals surface area (Å²) in [6, 6.07) is 10.00. The third-order valence-corrected chi connectivity index (χ3v) is 3.95. The van der Waals surface area contributed by atoms with Gasteiger partial charge in [-0.1, -0.05) is 36.2 Å². The zero-order chi connectivity index (χ0) is 14.1. The highest BCUT2D eigenvalue weighted by molar-refractivity contribution is 5.81. The van der Waals surface area contributed by atoms with Crippen molar-refractivity contribution in [2.24, 2.45) is 0 Å². The third-order valence-electron chi connectivity index (χ3n) is 3.95. The Hall–Kier alpha value is -2.14. The van der Waals surface area contributed by atoms with E-state index in [2.05, 4.69) is 15.5 Å². The standard InChI is InChI=1S/C16H17N3O2/c1-2-7-12(17-9-5-1)16-18-15(19-21-16)14-10-11-6-3-4-8-13(11)20-14/h3-4,6,8,10,12,17H,1-2,5,7,9H2. The normalized spacial score (nSPS) is 19.7. The molecule has 1 unspecified atom stereocenters. The Morgan fingerprint density at radius 2 is 2.10 bits per heavy atom. The first-order chi connectivity index (χ1) is 10.4. The Bertz CT molecular complexity index is 706. The molecule has 2 aromatic heterocycles. The average molecular weight is 283 g/mol. The van der Waals surface area contributed by atoms with Crippen LogP contribution < -0.4 is 5.32 Å². The van der Waals surface area contributed by atoms with Gasteiger partial charge in [-0.15, -0.1) is 0 Å². The minimum Gasteiger partial charge on any atom is -0.453 e. The lowest BCUT2D eigenvalue weighted by atomic mass is 10.1. The summed E-state index contributed by atoms with van der Waals surface area (Å²) in [5.74, 6) is 1.83. The molecule has 0 saturated carbocycles. The highest BCUT2D eigenvalue weighted by Crippen LogP contribution is 2.28. The zero-order valence-corrected chi connectivity index (χ0v) is 11.7. The van der Waals surface area contributed by atoms with Gasteiger partial charge in [0.25, 0.3) is 0 Å². The number of hydrogen-bond donors (Lipinski definition) is 1. The van der Waals surface area contributed by atoms with Gasteiger partial charge >= 0.3 is 0 Å². The van der Waals surface area contributed by atoms with Crippen molar-refractivity contribution >= 4 is 11.0 Å². The molecule has 0 aliphatic carbocycles. The van der Waals surface area contributed by atoms with Crippen LogP contribution in [-0.2, 0) is 0 Å². The number of nitrogens with one attached hydrogen (secondary N) is 1. The lowest BCUT2D eigenvalue weighted by Crippen LogP contribution is -2.20. The smallest absolute Gasteiger partial charge is 0.244 e. The van der Waals surface area contributed by atoms with Crippen LogP contribution in [0.3, 0.4) is 0 Å². The fourth-order valence-electron chi connectivity index (χ4n) is 2.81. The van der Waals surface area contributed by atoms with E-state index < -0.39 is 0 Å². The summed E-state index contributed by atoms with van der Waals surface area (Å²) in [5.41, 5.74) is 0.839. The van der Waals surface area contributed by atoms with Crippen molar-refractivity contribution in [3.05, 3.63) is 36.2 Å². The molecule has 21 heavy (non-hydrogen) atoms. The molecule has 1 saturated heterocycles. The van der Waals surface area contributed by atoms with E-state index >= 15 is 0 Å². The van der Waals surface area contributed by atoms with Gasteiger partial charge in [0.2, 0.25) is 11.7 Å². The van der Waals surface area contributed by atoms with E-state index in [-0.39, 0.29) is 6.04 Å². The van der Waals surface area contributed by atoms with Crippen LogP contribution >= 0.6 is 0 Å². The monoisotopic (exact) mass is 283 g/mol. The van der Waals surface area contributed by atoms with Crippen LogP contribution in [0.25, 0.3) is 22.6 Å².